The zero-order valence-electron chi connectivity index (χ0n) is 17.3. The number of carbonyl (C=O) groups excluding carboxylic acids is 1. The Morgan fingerprint density at radius 3 is 2.57 bits per heavy atom. The highest BCUT2D eigenvalue weighted by molar-refractivity contribution is 9.10. The molecule has 2 saturated heterocycles. The van der Waals surface area contributed by atoms with Gasteiger partial charge in [0.25, 0.3) is 0 Å². The van der Waals surface area contributed by atoms with Crippen molar-refractivity contribution >= 4 is 50.3 Å². The lowest BCUT2D eigenvalue weighted by Gasteiger charge is -2.45. The number of nitrogens with zero attached hydrogens (tertiary/aromatic N) is 4. The maximum atomic E-state index is 14.6. The first kappa shape index (κ1) is 21.6. The van der Waals surface area contributed by atoms with Gasteiger partial charge in [-0.2, -0.15) is 4.98 Å². The summed E-state index contributed by atoms with van der Waals surface area (Å²) < 4.78 is 20.6. The molecule has 30 heavy (non-hydrogen) atoms. The SMILES string of the molecule is CC(C)(C)OC(=O)N1CCCC12CCN(c1nc(Cl)nc3c(F)c(Br)ccc13)CC2. The van der Waals surface area contributed by atoms with Crippen LogP contribution in [-0.4, -0.2) is 51.7 Å². The van der Waals surface area contributed by atoms with Crippen LogP contribution in [0.5, 0.6) is 0 Å². The van der Waals surface area contributed by atoms with E-state index in [0.717, 1.165) is 32.2 Å². The van der Waals surface area contributed by atoms with Crippen LogP contribution >= 0.6 is 27.5 Å². The topological polar surface area (TPSA) is 58.6 Å². The number of hydrogen-bond donors (Lipinski definition) is 0. The lowest BCUT2D eigenvalue weighted by Crippen LogP contribution is -2.55. The third-order valence-electron chi connectivity index (χ3n) is 5.92. The zero-order valence-corrected chi connectivity index (χ0v) is 19.7. The average molecular weight is 500 g/mol. The Kier molecular flexibility index (Phi) is 5.60. The summed E-state index contributed by atoms with van der Waals surface area (Å²) in [6.07, 6.45) is 3.30. The van der Waals surface area contributed by atoms with Gasteiger partial charge in [-0.05, 0) is 86.1 Å². The molecule has 2 aliphatic rings. The highest BCUT2D eigenvalue weighted by Crippen LogP contribution is 2.41. The van der Waals surface area contributed by atoms with E-state index in [1.807, 2.05) is 25.7 Å². The molecule has 1 aromatic heterocycles. The van der Waals surface area contributed by atoms with Crippen molar-refractivity contribution in [2.75, 3.05) is 24.5 Å². The molecule has 1 aromatic carbocycles. The van der Waals surface area contributed by atoms with E-state index < -0.39 is 11.4 Å². The highest BCUT2D eigenvalue weighted by Gasteiger charge is 2.47. The summed E-state index contributed by atoms with van der Waals surface area (Å²) in [4.78, 5) is 25.3. The van der Waals surface area contributed by atoms with Crippen molar-refractivity contribution in [1.82, 2.24) is 14.9 Å². The smallest absolute Gasteiger partial charge is 0.410 e. The van der Waals surface area contributed by atoms with E-state index in [4.69, 9.17) is 16.3 Å². The molecule has 3 heterocycles. The second kappa shape index (κ2) is 7.79. The third-order valence-corrected chi connectivity index (χ3v) is 6.70. The van der Waals surface area contributed by atoms with Gasteiger partial charge < -0.3 is 14.5 Å². The fraction of sp³-hybridized carbons (Fsp3) is 0.571. The van der Waals surface area contributed by atoms with Crippen LogP contribution in [0.2, 0.25) is 5.28 Å². The van der Waals surface area contributed by atoms with Crippen LogP contribution in [0.25, 0.3) is 10.9 Å². The molecule has 0 aliphatic carbocycles. The van der Waals surface area contributed by atoms with E-state index in [1.165, 1.54) is 0 Å². The van der Waals surface area contributed by atoms with Gasteiger partial charge in [-0.15, -0.1) is 0 Å². The van der Waals surface area contributed by atoms with E-state index in [1.54, 1.807) is 12.1 Å². The Bertz CT molecular complexity index is 989. The molecule has 0 atom stereocenters. The van der Waals surface area contributed by atoms with Crippen LogP contribution in [0.1, 0.15) is 46.5 Å². The Morgan fingerprint density at radius 1 is 1.20 bits per heavy atom. The third kappa shape index (κ3) is 3.96. The quantitative estimate of drug-likeness (QED) is 0.481. The maximum Gasteiger partial charge on any atom is 0.410 e. The van der Waals surface area contributed by atoms with Gasteiger partial charge in [-0.25, -0.2) is 14.2 Å². The number of hydrogen-bond acceptors (Lipinski definition) is 5. The van der Waals surface area contributed by atoms with Gasteiger partial charge in [0.15, 0.2) is 5.82 Å². The number of halogens is 3. The number of amides is 1. The number of ether oxygens (including phenoxy) is 1. The molecule has 6 nitrogen and oxygen atoms in total. The Morgan fingerprint density at radius 2 is 1.90 bits per heavy atom. The fourth-order valence-corrected chi connectivity index (χ4v) is 5.02. The second-order valence-electron chi connectivity index (χ2n) is 9.02. The number of likely N-dealkylation sites (tertiary alicyclic amines) is 1. The number of carbonyl (C=O) groups is 1. The number of anilines is 1. The molecule has 1 amide bonds. The van der Waals surface area contributed by atoms with Gasteiger partial charge in [-0.1, -0.05) is 0 Å². The van der Waals surface area contributed by atoms with E-state index in [-0.39, 0.29) is 22.4 Å². The summed E-state index contributed by atoms with van der Waals surface area (Å²) in [5.74, 6) is 0.187. The van der Waals surface area contributed by atoms with Crippen molar-refractivity contribution in [3.05, 3.63) is 27.7 Å². The van der Waals surface area contributed by atoms with E-state index in [2.05, 4.69) is 30.8 Å². The van der Waals surface area contributed by atoms with Crippen LogP contribution in [0.15, 0.2) is 16.6 Å². The first-order chi connectivity index (χ1) is 14.1. The van der Waals surface area contributed by atoms with E-state index in [9.17, 15) is 9.18 Å². The molecule has 162 valence electrons. The normalized spacial score (nSPS) is 19.0. The summed E-state index contributed by atoms with van der Waals surface area (Å²) in [5.41, 5.74) is -0.507. The second-order valence-corrected chi connectivity index (χ2v) is 10.2. The fourth-order valence-electron chi connectivity index (χ4n) is 4.53. The molecule has 9 heteroatoms. The highest BCUT2D eigenvalue weighted by atomic mass is 79.9. The van der Waals surface area contributed by atoms with Gasteiger partial charge in [-0.3, -0.25) is 0 Å². The molecule has 1 spiro atoms. The Balaban J connectivity index is 1.58. The van der Waals surface area contributed by atoms with E-state index in [0.29, 0.717) is 28.8 Å². The number of rotatable bonds is 1. The minimum atomic E-state index is -0.517. The van der Waals surface area contributed by atoms with Gasteiger partial charge in [0, 0.05) is 30.6 Å². The standard InChI is InChI=1S/C21H25BrClFN4O2/c1-20(2,3)30-19(29)28-10-4-7-21(28)8-11-27(12-9-21)17-13-5-6-14(22)15(24)16(13)25-18(23)26-17/h5-6H,4,7-12H2,1-3H3. The van der Waals surface area contributed by atoms with Crippen molar-refractivity contribution in [3.8, 4) is 0 Å². The molecular weight excluding hydrogens is 475 g/mol. The van der Waals surface area contributed by atoms with E-state index >= 15 is 0 Å². The molecule has 4 rings (SSSR count). The Hall–Kier alpha value is -1.67. The maximum absolute atomic E-state index is 14.6. The zero-order chi connectivity index (χ0) is 21.7. The van der Waals surface area contributed by atoms with Gasteiger partial charge in [0.05, 0.1) is 4.47 Å². The molecule has 0 radical (unpaired) electrons. The summed E-state index contributed by atoms with van der Waals surface area (Å²) in [5, 5.41) is 0.650. The largest absolute Gasteiger partial charge is 0.444 e. The predicted octanol–water partition coefficient (Wildman–Crippen LogP) is 5.55. The first-order valence-corrected chi connectivity index (χ1v) is 11.3. The first-order valence-electron chi connectivity index (χ1n) is 10.2. The van der Waals surface area contributed by atoms with Gasteiger partial charge in [0.1, 0.15) is 16.9 Å². The molecule has 2 fully saturated rings. The molecule has 0 N–H and O–H groups in total. The minimum Gasteiger partial charge on any atom is -0.444 e. The monoisotopic (exact) mass is 498 g/mol. The van der Waals surface area contributed by atoms with Crippen LogP contribution in [0.4, 0.5) is 15.0 Å². The molecule has 0 unspecified atom stereocenters. The van der Waals surface area contributed by atoms with Crippen molar-refractivity contribution in [2.24, 2.45) is 0 Å². The van der Waals surface area contributed by atoms with Gasteiger partial charge >= 0.3 is 6.09 Å². The number of benzene rings is 1. The summed E-state index contributed by atoms with van der Waals surface area (Å²) in [7, 11) is 0. The molecule has 2 aliphatic heterocycles. The lowest BCUT2D eigenvalue weighted by molar-refractivity contribution is 0.00321. The van der Waals surface area contributed by atoms with Crippen molar-refractivity contribution in [3.63, 3.8) is 0 Å². The molecular formula is C21H25BrClFN4O2. The van der Waals surface area contributed by atoms with Crippen molar-refractivity contribution in [1.29, 1.82) is 0 Å². The van der Waals surface area contributed by atoms with Crippen LogP contribution in [0.3, 0.4) is 0 Å². The van der Waals surface area contributed by atoms with Crippen LogP contribution < -0.4 is 4.90 Å². The van der Waals surface area contributed by atoms with Crippen molar-refractivity contribution in [2.45, 2.75) is 57.6 Å². The average Bonchev–Trinajstić information content (AvgIpc) is 3.07. The van der Waals surface area contributed by atoms with Crippen molar-refractivity contribution < 1.29 is 13.9 Å². The number of fused-ring (bicyclic) bond motifs is 1. The van der Waals surface area contributed by atoms with Crippen LogP contribution in [0, 0.1) is 5.82 Å². The summed E-state index contributed by atoms with van der Waals surface area (Å²) in [6, 6.07) is 3.46. The van der Waals surface area contributed by atoms with Crippen LogP contribution in [-0.2, 0) is 4.74 Å². The lowest BCUT2D eigenvalue weighted by atomic mass is 9.85. The Labute approximate surface area is 188 Å². The van der Waals surface area contributed by atoms with Gasteiger partial charge in [0.2, 0.25) is 5.28 Å². The molecule has 0 saturated carbocycles. The predicted molar refractivity (Wildman–Crippen MR) is 119 cm³/mol. The molecule has 0 bridgehead atoms. The summed E-state index contributed by atoms with van der Waals surface area (Å²) >= 11 is 9.32. The minimum absolute atomic E-state index is 0.0195. The number of piperidine rings is 1. The molecule has 2 aromatic rings. The summed E-state index contributed by atoms with van der Waals surface area (Å²) in [6.45, 7) is 7.77. The number of aromatic nitrogens is 2.